The quantitative estimate of drug-likeness (QED) is 0.668. The third kappa shape index (κ3) is 2.55. The van der Waals surface area contributed by atoms with Crippen molar-refractivity contribution in [1.82, 2.24) is 9.97 Å². The molecule has 3 aromatic rings. The highest BCUT2D eigenvalue weighted by molar-refractivity contribution is 9.10. The first-order valence-corrected chi connectivity index (χ1v) is 7.95. The lowest BCUT2D eigenvalue weighted by molar-refractivity contribution is 0.893. The molecule has 0 fully saturated rings. The van der Waals surface area contributed by atoms with Crippen LogP contribution in [0.2, 0.25) is 0 Å². The molecule has 0 saturated carbocycles. The van der Waals surface area contributed by atoms with E-state index in [2.05, 4.69) is 45.4 Å². The fourth-order valence-electron chi connectivity index (χ4n) is 2.03. The lowest BCUT2D eigenvalue weighted by Crippen LogP contribution is -1.88. The summed E-state index contributed by atoms with van der Waals surface area (Å²) in [5.74, 6) is 0. The van der Waals surface area contributed by atoms with Crippen molar-refractivity contribution in [2.75, 3.05) is 0 Å². The summed E-state index contributed by atoms with van der Waals surface area (Å²) in [5.41, 5.74) is 3.10. The average Bonchev–Trinajstić information content (AvgIpc) is 2.87. The Morgan fingerprint density at radius 3 is 2.89 bits per heavy atom. The number of fused-ring (bicyclic) bond motifs is 1. The summed E-state index contributed by atoms with van der Waals surface area (Å²) < 4.78 is 1.00. The topological polar surface area (TPSA) is 25.8 Å². The number of nitrogens with zero attached hydrogens (tertiary/aromatic N) is 2. The van der Waals surface area contributed by atoms with Gasteiger partial charge in [0.1, 0.15) is 10.7 Å². The van der Waals surface area contributed by atoms with Gasteiger partial charge in [-0.2, -0.15) is 0 Å². The van der Waals surface area contributed by atoms with E-state index in [-0.39, 0.29) is 0 Å². The smallest absolute Gasteiger partial charge is 0.143 e. The van der Waals surface area contributed by atoms with Gasteiger partial charge in [0, 0.05) is 15.2 Å². The number of hydrogen-bond acceptors (Lipinski definition) is 3. The highest BCUT2D eigenvalue weighted by Gasteiger charge is 2.11. The van der Waals surface area contributed by atoms with Crippen LogP contribution in [0.15, 0.2) is 40.2 Å². The van der Waals surface area contributed by atoms with E-state index >= 15 is 0 Å². The minimum atomic E-state index is 0.936. The van der Waals surface area contributed by atoms with Gasteiger partial charge in [-0.05, 0) is 34.5 Å². The van der Waals surface area contributed by atoms with E-state index in [1.807, 2.05) is 18.2 Å². The highest BCUT2D eigenvalue weighted by atomic mass is 79.9. The van der Waals surface area contributed by atoms with Gasteiger partial charge >= 0.3 is 0 Å². The van der Waals surface area contributed by atoms with E-state index in [9.17, 15) is 0 Å². The zero-order valence-electron chi connectivity index (χ0n) is 10.6. The molecule has 0 unspecified atom stereocenters. The van der Waals surface area contributed by atoms with Crippen LogP contribution in [0.1, 0.15) is 19.0 Å². The van der Waals surface area contributed by atoms with Gasteiger partial charge in [-0.3, -0.25) is 0 Å². The summed E-state index contributed by atoms with van der Waals surface area (Å²) in [6, 6.07) is 10.3. The zero-order valence-corrected chi connectivity index (χ0v) is 13.0. The fourth-order valence-corrected chi connectivity index (χ4v) is 3.54. The van der Waals surface area contributed by atoms with Gasteiger partial charge in [0.2, 0.25) is 0 Å². The van der Waals surface area contributed by atoms with Crippen molar-refractivity contribution in [2.24, 2.45) is 0 Å². The molecule has 2 heterocycles. The molecular formula is C15H13BrN2S. The lowest BCUT2D eigenvalue weighted by Gasteiger charge is -2.03. The third-order valence-corrected chi connectivity index (χ3v) is 4.44. The predicted molar refractivity (Wildman–Crippen MR) is 84.5 cm³/mol. The molecule has 0 aliphatic carbocycles. The van der Waals surface area contributed by atoms with Crippen molar-refractivity contribution in [1.29, 1.82) is 0 Å². The maximum atomic E-state index is 4.72. The molecule has 0 N–H and O–H groups in total. The summed E-state index contributed by atoms with van der Waals surface area (Å²) >= 11 is 5.27. The van der Waals surface area contributed by atoms with Crippen LogP contribution in [0, 0.1) is 0 Å². The summed E-state index contributed by atoms with van der Waals surface area (Å²) in [5, 5.41) is 4.26. The van der Waals surface area contributed by atoms with Crippen LogP contribution in [-0.4, -0.2) is 9.97 Å². The normalized spacial score (nSPS) is 11.1. The summed E-state index contributed by atoms with van der Waals surface area (Å²) in [7, 11) is 0. The van der Waals surface area contributed by atoms with E-state index in [0.29, 0.717) is 0 Å². The van der Waals surface area contributed by atoms with E-state index in [1.165, 1.54) is 0 Å². The number of benzene rings is 1. The Labute approximate surface area is 124 Å². The Kier molecular flexibility index (Phi) is 3.62. The van der Waals surface area contributed by atoms with Gasteiger partial charge in [0.25, 0.3) is 0 Å². The van der Waals surface area contributed by atoms with Crippen LogP contribution in [0.25, 0.3) is 21.6 Å². The summed E-state index contributed by atoms with van der Waals surface area (Å²) in [6.45, 7) is 2.17. The van der Waals surface area contributed by atoms with E-state index in [1.54, 1.807) is 11.3 Å². The van der Waals surface area contributed by atoms with Crippen molar-refractivity contribution in [2.45, 2.75) is 19.8 Å². The first-order chi connectivity index (χ1) is 9.28. The summed E-state index contributed by atoms with van der Waals surface area (Å²) in [6.07, 6.45) is 2.15. The lowest BCUT2D eigenvalue weighted by atomic mass is 10.2. The molecular weight excluding hydrogens is 320 g/mol. The minimum Gasteiger partial charge on any atom is -0.244 e. The number of thiazole rings is 1. The van der Waals surface area contributed by atoms with Crippen LogP contribution in [0.5, 0.6) is 0 Å². The van der Waals surface area contributed by atoms with Crippen molar-refractivity contribution >= 4 is 38.2 Å². The maximum Gasteiger partial charge on any atom is 0.143 e. The maximum absolute atomic E-state index is 4.72. The molecule has 0 radical (unpaired) electrons. The molecule has 4 heteroatoms. The Balaban J connectivity index is 2.10. The molecule has 19 heavy (non-hydrogen) atoms. The van der Waals surface area contributed by atoms with E-state index < -0.39 is 0 Å². The number of para-hydroxylation sites is 1. The van der Waals surface area contributed by atoms with Crippen LogP contribution in [0.3, 0.4) is 0 Å². The number of rotatable bonds is 3. The first kappa shape index (κ1) is 12.8. The zero-order chi connectivity index (χ0) is 13.2. The fraction of sp³-hybridized carbons (Fsp3) is 0.200. The van der Waals surface area contributed by atoms with Crippen LogP contribution in [0.4, 0.5) is 0 Å². The predicted octanol–water partition coefficient (Wildman–Crippen LogP) is 5.07. The molecule has 0 bridgehead atoms. The number of halogens is 1. The van der Waals surface area contributed by atoms with Crippen LogP contribution in [-0.2, 0) is 6.42 Å². The molecule has 0 saturated heterocycles. The van der Waals surface area contributed by atoms with Gasteiger partial charge in [0.05, 0.1) is 11.2 Å². The molecule has 1 aromatic carbocycles. The van der Waals surface area contributed by atoms with Crippen molar-refractivity contribution < 1.29 is 0 Å². The highest BCUT2D eigenvalue weighted by Crippen LogP contribution is 2.31. The number of aryl methyl sites for hydroxylation is 1. The second-order valence-corrected chi connectivity index (χ2v) is 6.12. The van der Waals surface area contributed by atoms with Gasteiger partial charge in [0.15, 0.2) is 0 Å². The summed E-state index contributed by atoms with van der Waals surface area (Å²) in [4.78, 5) is 9.38. The first-order valence-electron chi connectivity index (χ1n) is 6.28. The Bertz CT molecular complexity index is 721. The third-order valence-electron chi connectivity index (χ3n) is 2.94. The van der Waals surface area contributed by atoms with Crippen molar-refractivity contribution in [3.63, 3.8) is 0 Å². The van der Waals surface area contributed by atoms with Gasteiger partial charge in [-0.1, -0.05) is 31.5 Å². The second kappa shape index (κ2) is 5.39. The van der Waals surface area contributed by atoms with Crippen molar-refractivity contribution in [3.8, 4) is 10.7 Å². The SMILES string of the molecule is CCCc1csc(-c2nc3ccccc3cc2Br)n1. The van der Waals surface area contributed by atoms with E-state index in [4.69, 9.17) is 4.98 Å². The molecule has 0 spiro atoms. The molecule has 0 aliphatic heterocycles. The Morgan fingerprint density at radius 1 is 1.21 bits per heavy atom. The van der Waals surface area contributed by atoms with Gasteiger partial charge in [-0.15, -0.1) is 11.3 Å². The molecule has 3 rings (SSSR count). The van der Waals surface area contributed by atoms with Gasteiger partial charge < -0.3 is 0 Å². The molecule has 0 aliphatic rings. The molecule has 2 nitrogen and oxygen atoms in total. The number of aromatic nitrogens is 2. The monoisotopic (exact) mass is 332 g/mol. The van der Waals surface area contributed by atoms with E-state index in [0.717, 1.165) is 44.6 Å². The molecule has 0 amide bonds. The minimum absolute atomic E-state index is 0.936. The number of pyridine rings is 1. The molecule has 96 valence electrons. The largest absolute Gasteiger partial charge is 0.244 e. The molecule has 2 aromatic heterocycles. The van der Waals surface area contributed by atoms with Gasteiger partial charge in [-0.25, -0.2) is 9.97 Å². The number of hydrogen-bond donors (Lipinski definition) is 0. The Morgan fingerprint density at radius 2 is 2.05 bits per heavy atom. The van der Waals surface area contributed by atoms with Crippen molar-refractivity contribution in [3.05, 3.63) is 45.9 Å². The van der Waals surface area contributed by atoms with Crippen LogP contribution < -0.4 is 0 Å². The average molecular weight is 333 g/mol. The molecule has 0 atom stereocenters. The standard InChI is InChI=1S/C15H13BrN2S/c1-2-5-11-9-19-15(17-11)14-12(16)8-10-6-3-4-7-13(10)18-14/h3-4,6-9H,2,5H2,1H3. The van der Waals surface area contributed by atoms with Crippen LogP contribution >= 0.6 is 27.3 Å². The Hall–Kier alpha value is -1.26. The second-order valence-electron chi connectivity index (χ2n) is 4.41.